The summed E-state index contributed by atoms with van der Waals surface area (Å²) < 4.78 is 25.2. The Labute approximate surface area is 433 Å². The van der Waals surface area contributed by atoms with E-state index in [9.17, 15) is 0 Å². The van der Waals surface area contributed by atoms with Gasteiger partial charge in [0.1, 0.15) is 23.0 Å². The van der Waals surface area contributed by atoms with Crippen LogP contribution in [0.25, 0.3) is 33.4 Å². The highest BCUT2D eigenvalue weighted by Crippen LogP contribution is 2.29. The second-order valence-electron chi connectivity index (χ2n) is 18.7. The molecule has 0 saturated carbocycles. The van der Waals surface area contributed by atoms with Crippen LogP contribution in [0.3, 0.4) is 0 Å². The molecular formula is C60H65ClN8O4. The van der Waals surface area contributed by atoms with Crippen LogP contribution in [0.15, 0.2) is 158 Å². The Hall–Kier alpha value is -7.67. The van der Waals surface area contributed by atoms with Gasteiger partial charge in [-0.15, -0.1) is 0 Å². The van der Waals surface area contributed by atoms with E-state index in [1.807, 2.05) is 83.3 Å². The van der Waals surface area contributed by atoms with Crippen LogP contribution in [0.1, 0.15) is 61.3 Å². The van der Waals surface area contributed by atoms with Gasteiger partial charge in [0.25, 0.3) is 0 Å². The quantitative estimate of drug-likeness (QED) is 0.0946. The Bertz CT molecular complexity index is 3240. The van der Waals surface area contributed by atoms with Crippen LogP contribution in [0.2, 0.25) is 5.15 Å². The third-order valence-electron chi connectivity index (χ3n) is 12.2. The summed E-state index contributed by atoms with van der Waals surface area (Å²) in [6.07, 6.45) is 6.10. The molecule has 4 heterocycles. The molecular weight excluding hydrogens is 932 g/mol. The first kappa shape index (κ1) is 51.7. The molecule has 10 aromatic rings. The van der Waals surface area contributed by atoms with Crippen molar-refractivity contribution in [3.8, 4) is 23.0 Å². The lowest BCUT2D eigenvalue weighted by Crippen LogP contribution is -2.24. The lowest BCUT2D eigenvalue weighted by Gasteiger charge is -2.25. The van der Waals surface area contributed by atoms with E-state index in [4.69, 9.17) is 40.5 Å². The molecule has 0 saturated heterocycles. The van der Waals surface area contributed by atoms with Gasteiger partial charge in [0.15, 0.2) is 22.3 Å². The summed E-state index contributed by atoms with van der Waals surface area (Å²) in [6.45, 7) is 11.9. The molecule has 0 amide bonds. The summed E-state index contributed by atoms with van der Waals surface area (Å²) in [7, 11) is 6.73. The minimum Gasteiger partial charge on any atom is -0.497 e. The zero-order chi connectivity index (χ0) is 51.3. The maximum absolute atomic E-state index is 6.19. The van der Waals surface area contributed by atoms with Gasteiger partial charge in [0.05, 0.1) is 61.9 Å². The van der Waals surface area contributed by atoms with E-state index in [1.165, 1.54) is 22.3 Å². The number of methoxy groups -OCH3 is 4. The van der Waals surface area contributed by atoms with Gasteiger partial charge in [-0.1, -0.05) is 112 Å². The Morgan fingerprint density at radius 2 is 0.836 bits per heavy atom. The van der Waals surface area contributed by atoms with Crippen LogP contribution in [0.4, 0.5) is 5.82 Å². The predicted molar refractivity (Wildman–Crippen MR) is 295 cm³/mol. The van der Waals surface area contributed by atoms with E-state index in [0.717, 1.165) is 99.5 Å². The van der Waals surface area contributed by atoms with Crippen molar-refractivity contribution in [3.63, 3.8) is 0 Å². The van der Waals surface area contributed by atoms with Crippen molar-refractivity contribution in [2.75, 3.05) is 33.3 Å². The zero-order valence-electron chi connectivity index (χ0n) is 43.0. The minimum atomic E-state index is 0.462. The van der Waals surface area contributed by atoms with Crippen molar-refractivity contribution in [2.45, 2.75) is 66.7 Å². The topological polar surface area (TPSA) is 113 Å². The maximum atomic E-state index is 6.19. The van der Waals surface area contributed by atoms with Gasteiger partial charge in [-0.05, 0) is 120 Å². The molecule has 0 unspecified atom stereocenters. The van der Waals surface area contributed by atoms with E-state index >= 15 is 0 Å². The van der Waals surface area contributed by atoms with Crippen LogP contribution in [-0.4, -0.2) is 57.2 Å². The number of nitrogens with zero attached hydrogens (tertiary/aromatic N) is 7. The number of anilines is 1. The molecule has 10 rings (SSSR count). The highest BCUT2D eigenvalue weighted by Gasteiger charge is 2.20. The summed E-state index contributed by atoms with van der Waals surface area (Å²) in [5, 5.41) is 3.87. The Balaban J connectivity index is 0.000000161. The number of halogens is 1. The third kappa shape index (κ3) is 13.4. The van der Waals surface area contributed by atoms with Gasteiger partial charge >= 0.3 is 0 Å². The number of ether oxygens (including phenoxy) is 4. The molecule has 0 radical (unpaired) electrons. The molecule has 0 aliphatic carbocycles. The summed E-state index contributed by atoms with van der Waals surface area (Å²) in [6, 6.07) is 48.8. The van der Waals surface area contributed by atoms with E-state index in [2.05, 4.69) is 131 Å². The Morgan fingerprint density at radius 3 is 1.25 bits per heavy atom. The number of rotatable bonds is 17. The van der Waals surface area contributed by atoms with Crippen molar-refractivity contribution in [1.29, 1.82) is 0 Å². The highest BCUT2D eigenvalue weighted by atomic mass is 35.5. The van der Waals surface area contributed by atoms with Gasteiger partial charge < -0.3 is 29.2 Å². The molecule has 13 heteroatoms. The fourth-order valence-corrected chi connectivity index (χ4v) is 8.79. The summed E-state index contributed by atoms with van der Waals surface area (Å²) >= 11 is 6.19. The molecule has 4 aromatic heterocycles. The molecule has 0 aliphatic heterocycles. The monoisotopic (exact) mass is 996 g/mol. The number of fused-ring (bicyclic) bond motifs is 6. The molecule has 0 aliphatic rings. The smallest absolute Gasteiger partial charge is 0.181 e. The van der Waals surface area contributed by atoms with E-state index in [-0.39, 0.29) is 0 Å². The van der Waals surface area contributed by atoms with Crippen molar-refractivity contribution in [1.82, 2.24) is 34.1 Å². The Kier molecular flexibility index (Phi) is 17.4. The largest absolute Gasteiger partial charge is 0.497 e. The summed E-state index contributed by atoms with van der Waals surface area (Å²) in [5.41, 5.74) is 12.5. The molecule has 0 atom stereocenters. The fraction of sp³-hybridized carbons (Fsp3) is 0.267. The van der Waals surface area contributed by atoms with Crippen LogP contribution >= 0.6 is 11.6 Å². The van der Waals surface area contributed by atoms with Gasteiger partial charge in [-0.2, -0.15) is 0 Å². The number of imidazole rings is 2. The third-order valence-corrected chi connectivity index (χ3v) is 12.5. The number of hydrogen-bond acceptors (Lipinski definition) is 10. The molecule has 1 N–H and O–H groups in total. The van der Waals surface area contributed by atoms with Crippen molar-refractivity contribution in [2.24, 2.45) is 11.8 Å². The average molecular weight is 998 g/mol. The van der Waals surface area contributed by atoms with Crippen molar-refractivity contribution < 1.29 is 18.9 Å². The first-order valence-corrected chi connectivity index (χ1v) is 25.0. The minimum absolute atomic E-state index is 0.462. The molecule has 0 spiro atoms. The predicted octanol–water partition coefficient (Wildman–Crippen LogP) is 13.0. The first-order chi connectivity index (χ1) is 35.5. The second kappa shape index (κ2) is 24.6. The molecule has 73 heavy (non-hydrogen) atoms. The van der Waals surface area contributed by atoms with E-state index < -0.39 is 0 Å². The lowest BCUT2D eigenvalue weighted by molar-refractivity contribution is 0.414. The molecule has 376 valence electrons. The van der Waals surface area contributed by atoms with Crippen molar-refractivity contribution >= 4 is 50.8 Å². The molecule has 12 nitrogen and oxygen atoms in total. The zero-order valence-corrected chi connectivity index (χ0v) is 43.8. The SMILES string of the molecule is CC(C)Cc1cn2c(n1)c(Cl)nc1ccccc12.COc1ccc(CN(Cc2ccc(OC)cc2)c2nc3ccccc3n3cc(CC(C)C)nc23)cc1.COc1ccc(CNCc2ccc(OC)cc2)cc1. The average Bonchev–Trinajstić information content (AvgIpc) is 4.04. The lowest BCUT2D eigenvalue weighted by atomic mass is 10.1. The normalized spacial score (nSPS) is 11.2. The van der Waals surface area contributed by atoms with E-state index in [1.54, 1.807) is 28.4 Å². The summed E-state index contributed by atoms with van der Waals surface area (Å²) in [4.78, 5) is 21.5. The maximum Gasteiger partial charge on any atom is 0.181 e. The molecule has 6 aromatic carbocycles. The number of nitrogens with one attached hydrogen (secondary N) is 1. The highest BCUT2D eigenvalue weighted by molar-refractivity contribution is 6.32. The Morgan fingerprint density at radius 1 is 0.466 bits per heavy atom. The first-order valence-electron chi connectivity index (χ1n) is 24.7. The fourth-order valence-electron chi connectivity index (χ4n) is 8.56. The van der Waals surface area contributed by atoms with Gasteiger partial charge in [0, 0.05) is 38.6 Å². The second-order valence-corrected chi connectivity index (χ2v) is 19.1. The standard InChI is InChI=1S/C30H32N4O2.C16H19NO2.C14H14ClN3/c1-21(2)17-24-20-34-28-8-6-5-7-27(28)32-29(30(34)31-24)33(18-22-9-13-25(35-3)14-10-22)19-23-11-15-26(36-4)16-12-23;1-18-15-7-3-13(4-8-15)11-17-12-14-5-9-16(19-2)10-6-14;1-9(2)7-10-8-18-12-6-4-3-5-11(12)17-13(15)14(18)16-10/h5-16,20-21H,17-19H2,1-4H3;3-10,17H,11-12H2,1-2H3;3-6,8-9H,7H2,1-2H3. The van der Waals surface area contributed by atoms with Gasteiger partial charge in [-0.3, -0.25) is 8.80 Å². The summed E-state index contributed by atoms with van der Waals surface area (Å²) in [5.74, 6) is 5.44. The molecule has 0 fully saturated rings. The van der Waals surface area contributed by atoms with Crippen LogP contribution in [-0.2, 0) is 39.0 Å². The van der Waals surface area contributed by atoms with Gasteiger partial charge in [-0.25, -0.2) is 19.9 Å². The molecule has 0 bridgehead atoms. The number of hydrogen-bond donors (Lipinski definition) is 1. The van der Waals surface area contributed by atoms with Crippen LogP contribution < -0.4 is 29.2 Å². The number of aromatic nitrogens is 6. The van der Waals surface area contributed by atoms with Gasteiger partial charge in [0.2, 0.25) is 0 Å². The number of para-hydroxylation sites is 4. The van der Waals surface area contributed by atoms with Crippen LogP contribution in [0, 0.1) is 11.8 Å². The van der Waals surface area contributed by atoms with E-state index in [0.29, 0.717) is 30.1 Å². The van der Waals surface area contributed by atoms with Crippen LogP contribution in [0.5, 0.6) is 23.0 Å². The number of benzene rings is 6. The van der Waals surface area contributed by atoms with Crippen molar-refractivity contribution in [3.05, 3.63) is 197 Å².